The van der Waals surface area contributed by atoms with Crippen molar-refractivity contribution in [2.45, 2.75) is 29.2 Å². The van der Waals surface area contributed by atoms with Crippen LogP contribution >= 0.6 is 23.5 Å². The lowest BCUT2D eigenvalue weighted by molar-refractivity contribution is -0.122. The summed E-state index contributed by atoms with van der Waals surface area (Å²) in [6.07, 6.45) is 0.0206. The van der Waals surface area contributed by atoms with Crippen LogP contribution in [0.2, 0.25) is 0 Å². The van der Waals surface area contributed by atoms with Crippen molar-refractivity contribution in [3.05, 3.63) is 24.3 Å². The van der Waals surface area contributed by atoms with Crippen LogP contribution in [0.25, 0.3) is 0 Å². The fourth-order valence-corrected chi connectivity index (χ4v) is 3.39. The van der Waals surface area contributed by atoms with E-state index in [0.717, 1.165) is 0 Å². The summed E-state index contributed by atoms with van der Waals surface area (Å²) in [6, 6.07) is 6.12. The maximum absolute atomic E-state index is 12.2. The summed E-state index contributed by atoms with van der Waals surface area (Å²) in [7, 11) is 0. The number of halogens is 2. The lowest BCUT2D eigenvalue weighted by Gasteiger charge is -2.08. The standard InChI is InChI=1S/C14H15F2N3O2S2/c1-2-17-14-19-12(21)10(23-14)7-11(20)18-8-3-5-9(6-4-8)22-13(15)16/h3-6,10,13H,2,7H2,1H3,(H,18,20)(H,17,19,21)/t10-/m0/s1. The van der Waals surface area contributed by atoms with Gasteiger partial charge in [-0.05, 0) is 31.2 Å². The zero-order valence-electron chi connectivity index (χ0n) is 12.2. The molecule has 1 aromatic rings. The summed E-state index contributed by atoms with van der Waals surface area (Å²) in [5.41, 5.74) is 0.500. The van der Waals surface area contributed by atoms with Gasteiger partial charge in [0.05, 0.1) is 0 Å². The van der Waals surface area contributed by atoms with Gasteiger partial charge in [-0.25, -0.2) is 0 Å². The van der Waals surface area contributed by atoms with Gasteiger partial charge in [-0.2, -0.15) is 8.78 Å². The van der Waals surface area contributed by atoms with E-state index in [4.69, 9.17) is 0 Å². The molecule has 0 saturated carbocycles. The van der Waals surface area contributed by atoms with Crippen molar-refractivity contribution in [2.24, 2.45) is 4.99 Å². The van der Waals surface area contributed by atoms with Gasteiger partial charge in [-0.15, -0.1) is 0 Å². The predicted molar refractivity (Wildman–Crippen MR) is 89.0 cm³/mol. The van der Waals surface area contributed by atoms with Crippen LogP contribution in [-0.4, -0.2) is 34.5 Å². The van der Waals surface area contributed by atoms with Crippen LogP contribution in [0.4, 0.5) is 14.5 Å². The largest absolute Gasteiger partial charge is 0.326 e. The number of hydrogen-bond acceptors (Lipinski definition) is 5. The minimum Gasteiger partial charge on any atom is -0.326 e. The Morgan fingerprint density at radius 2 is 2.13 bits per heavy atom. The number of amides is 2. The number of alkyl halides is 2. The Bertz CT molecular complexity index is 609. The topological polar surface area (TPSA) is 70.6 Å². The van der Waals surface area contributed by atoms with Gasteiger partial charge < -0.3 is 10.6 Å². The van der Waals surface area contributed by atoms with Gasteiger partial charge in [0.15, 0.2) is 5.17 Å². The number of hydrogen-bond donors (Lipinski definition) is 2. The molecule has 9 heteroatoms. The summed E-state index contributed by atoms with van der Waals surface area (Å²) >= 11 is 1.68. The summed E-state index contributed by atoms with van der Waals surface area (Å²) in [5.74, 6) is -3.03. The molecule has 2 rings (SSSR count). The molecule has 0 spiro atoms. The SMILES string of the molecule is CCN=C1NC(=O)[C@H](CC(=O)Nc2ccc(SC(F)F)cc2)S1. The van der Waals surface area contributed by atoms with E-state index in [2.05, 4.69) is 15.6 Å². The van der Waals surface area contributed by atoms with Crippen LogP contribution in [0.3, 0.4) is 0 Å². The maximum Gasteiger partial charge on any atom is 0.288 e. The number of benzene rings is 1. The molecule has 1 aliphatic heterocycles. The van der Waals surface area contributed by atoms with Crippen LogP contribution in [0.1, 0.15) is 13.3 Å². The third-order valence-electron chi connectivity index (χ3n) is 2.81. The first kappa shape index (κ1) is 17.7. The number of nitrogens with one attached hydrogen (secondary N) is 2. The zero-order valence-corrected chi connectivity index (χ0v) is 13.8. The molecule has 1 saturated heterocycles. The second-order valence-electron chi connectivity index (χ2n) is 4.53. The number of amidine groups is 1. The molecule has 5 nitrogen and oxygen atoms in total. The number of aliphatic imine (C=N–C) groups is 1. The van der Waals surface area contributed by atoms with Gasteiger partial charge in [0.2, 0.25) is 11.8 Å². The molecule has 23 heavy (non-hydrogen) atoms. The van der Waals surface area contributed by atoms with E-state index in [-0.39, 0.29) is 18.2 Å². The highest BCUT2D eigenvalue weighted by molar-refractivity contribution is 8.15. The molecule has 0 aliphatic carbocycles. The lowest BCUT2D eigenvalue weighted by atomic mass is 10.2. The van der Waals surface area contributed by atoms with E-state index in [1.165, 1.54) is 23.9 Å². The van der Waals surface area contributed by atoms with Gasteiger partial charge in [0.1, 0.15) is 5.25 Å². The van der Waals surface area contributed by atoms with E-state index in [1.54, 1.807) is 12.1 Å². The molecule has 1 aliphatic rings. The number of anilines is 1. The third kappa shape index (κ3) is 5.51. The van der Waals surface area contributed by atoms with Crippen LogP contribution in [0, 0.1) is 0 Å². The van der Waals surface area contributed by atoms with Crippen LogP contribution in [0.15, 0.2) is 34.2 Å². The molecule has 0 unspecified atom stereocenters. The average Bonchev–Trinajstić information content (AvgIpc) is 2.81. The normalized spacial score (nSPS) is 19.2. The molecule has 2 N–H and O–H groups in total. The van der Waals surface area contributed by atoms with E-state index in [9.17, 15) is 18.4 Å². The van der Waals surface area contributed by atoms with Crippen molar-refractivity contribution >= 4 is 46.2 Å². The molecule has 2 amide bonds. The van der Waals surface area contributed by atoms with Crippen LogP contribution < -0.4 is 10.6 Å². The summed E-state index contributed by atoms with van der Waals surface area (Å²) in [5, 5.41) is 5.29. The van der Waals surface area contributed by atoms with E-state index < -0.39 is 11.0 Å². The molecule has 1 fully saturated rings. The minimum absolute atomic E-state index is 0.0206. The number of thioether (sulfide) groups is 2. The summed E-state index contributed by atoms with van der Waals surface area (Å²) in [6.45, 7) is 2.42. The molecule has 1 heterocycles. The lowest BCUT2D eigenvalue weighted by Crippen LogP contribution is -2.28. The van der Waals surface area contributed by atoms with Gasteiger partial charge >= 0.3 is 0 Å². The van der Waals surface area contributed by atoms with Gasteiger partial charge in [-0.1, -0.05) is 23.5 Å². The summed E-state index contributed by atoms with van der Waals surface area (Å²) < 4.78 is 24.5. The predicted octanol–water partition coefficient (Wildman–Crippen LogP) is 2.94. The van der Waals surface area contributed by atoms with Crippen molar-refractivity contribution in [1.82, 2.24) is 5.32 Å². The van der Waals surface area contributed by atoms with E-state index in [0.29, 0.717) is 34.1 Å². The Labute approximate surface area is 140 Å². The summed E-state index contributed by atoms with van der Waals surface area (Å²) in [4.78, 5) is 28.2. The highest BCUT2D eigenvalue weighted by Crippen LogP contribution is 2.27. The number of rotatable bonds is 6. The first-order valence-electron chi connectivity index (χ1n) is 6.84. The van der Waals surface area contributed by atoms with Gasteiger partial charge in [0, 0.05) is 23.5 Å². The highest BCUT2D eigenvalue weighted by Gasteiger charge is 2.31. The monoisotopic (exact) mass is 359 g/mol. The smallest absolute Gasteiger partial charge is 0.288 e. The Morgan fingerprint density at radius 1 is 1.43 bits per heavy atom. The molecule has 0 radical (unpaired) electrons. The fraction of sp³-hybridized carbons (Fsp3) is 0.357. The fourth-order valence-electron chi connectivity index (χ4n) is 1.86. The van der Waals surface area contributed by atoms with Crippen molar-refractivity contribution in [2.75, 3.05) is 11.9 Å². The highest BCUT2D eigenvalue weighted by atomic mass is 32.2. The Hall–Kier alpha value is -1.61. The molecule has 124 valence electrons. The number of nitrogens with zero attached hydrogens (tertiary/aromatic N) is 1. The van der Waals surface area contributed by atoms with Crippen LogP contribution in [0.5, 0.6) is 0 Å². The maximum atomic E-state index is 12.2. The molecule has 0 bridgehead atoms. The quantitative estimate of drug-likeness (QED) is 0.766. The molecule has 1 atom stereocenters. The molecular weight excluding hydrogens is 344 g/mol. The van der Waals surface area contributed by atoms with Gasteiger partial charge in [0.25, 0.3) is 5.76 Å². The second-order valence-corrected chi connectivity index (χ2v) is 6.79. The third-order valence-corrected chi connectivity index (χ3v) is 4.65. The van der Waals surface area contributed by atoms with E-state index in [1.807, 2.05) is 6.92 Å². The van der Waals surface area contributed by atoms with E-state index >= 15 is 0 Å². The first-order chi connectivity index (χ1) is 11.0. The Morgan fingerprint density at radius 3 is 2.74 bits per heavy atom. The van der Waals surface area contributed by atoms with Crippen LogP contribution in [-0.2, 0) is 9.59 Å². The van der Waals surface area contributed by atoms with Gasteiger partial charge in [-0.3, -0.25) is 14.6 Å². The second kappa shape index (κ2) is 8.30. The Kier molecular flexibility index (Phi) is 6.40. The number of carbonyl (C=O) groups is 2. The minimum atomic E-state index is -2.48. The first-order valence-corrected chi connectivity index (χ1v) is 8.60. The molecular formula is C14H15F2N3O2S2. The zero-order chi connectivity index (χ0) is 16.8. The van der Waals surface area contributed by atoms with Crippen molar-refractivity contribution < 1.29 is 18.4 Å². The number of carbonyl (C=O) groups excluding carboxylic acids is 2. The Balaban J connectivity index is 1.87. The molecule has 0 aromatic heterocycles. The molecule has 1 aromatic carbocycles. The average molecular weight is 359 g/mol. The van der Waals surface area contributed by atoms with Crippen molar-refractivity contribution in [3.63, 3.8) is 0 Å². The van der Waals surface area contributed by atoms with Crippen molar-refractivity contribution in [3.8, 4) is 0 Å². The van der Waals surface area contributed by atoms with Crippen molar-refractivity contribution in [1.29, 1.82) is 0 Å².